The lowest BCUT2D eigenvalue weighted by Crippen LogP contribution is -2.28. The van der Waals surface area contributed by atoms with E-state index in [1.807, 2.05) is 30.3 Å². The summed E-state index contributed by atoms with van der Waals surface area (Å²) in [7, 11) is 1.33. The first kappa shape index (κ1) is 18.7. The van der Waals surface area contributed by atoms with Crippen LogP contribution in [-0.2, 0) is 0 Å². The molecule has 4 nitrogen and oxygen atoms in total. The Labute approximate surface area is 145 Å². The first-order chi connectivity index (χ1) is 12.0. The van der Waals surface area contributed by atoms with Gasteiger partial charge in [-0.25, -0.2) is 0 Å². The molecule has 0 saturated heterocycles. The van der Waals surface area contributed by atoms with Crippen LogP contribution in [0.4, 0.5) is 8.78 Å². The Morgan fingerprint density at radius 2 is 1.84 bits per heavy atom. The number of halogens is 2. The van der Waals surface area contributed by atoms with E-state index in [1.54, 1.807) is 0 Å². The van der Waals surface area contributed by atoms with Crippen molar-refractivity contribution >= 4 is 5.91 Å². The molecule has 25 heavy (non-hydrogen) atoms. The molecule has 0 aliphatic carbocycles. The lowest BCUT2D eigenvalue weighted by atomic mass is 9.96. The van der Waals surface area contributed by atoms with E-state index in [0.717, 1.165) is 12.0 Å². The molecule has 0 aliphatic heterocycles. The molecule has 134 valence electrons. The topological polar surface area (TPSA) is 47.6 Å². The average Bonchev–Trinajstić information content (AvgIpc) is 2.62. The number of methoxy groups -OCH3 is 1. The van der Waals surface area contributed by atoms with Gasteiger partial charge in [-0.1, -0.05) is 37.3 Å². The lowest BCUT2D eigenvalue weighted by Gasteiger charge is -2.17. The molecule has 0 heterocycles. The largest absolute Gasteiger partial charge is 0.493 e. The second-order valence-electron chi connectivity index (χ2n) is 5.47. The predicted octanol–water partition coefficient (Wildman–Crippen LogP) is 4.22. The van der Waals surface area contributed by atoms with Gasteiger partial charge in [-0.2, -0.15) is 8.78 Å². The summed E-state index contributed by atoms with van der Waals surface area (Å²) in [6.07, 6.45) is 0.884. The van der Waals surface area contributed by atoms with Crippen molar-refractivity contribution in [2.75, 3.05) is 13.7 Å². The Bertz CT molecular complexity index is 692. The van der Waals surface area contributed by atoms with E-state index >= 15 is 0 Å². The molecule has 0 aromatic heterocycles. The molecule has 2 rings (SSSR count). The van der Waals surface area contributed by atoms with Crippen molar-refractivity contribution in [2.24, 2.45) is 0 Å². The summed E-state index contributed by atoms with van der Waals surface area (Å²) in [6, 6.07) is 14.0. The minimum Gasteiger partial charge on any atom is -0.493 e. The second kappa shape index (κ2) is 9.01. The highest BCUT2D eigenvalue weighted by atomic mass is 19.3. The van der Waals surface area contributed by atoms with Crippen LogP contribution in [0, 0.1) is 0 Å². The maximum absolute atomic E-state index is 12.3. The molecule has 0 radical (unpaired) electrons. The van der Waals surface area contributed by atoms with Gasteiger partial charge in [-0.3, -0.25) is 4.79 Å². The fraction of sp³-hybridized carbons (Fsp3) is 0.316. The number of hydrogen-bond donors (Lipinski definition) is 1. The van der Waals surface area contributed by atoms with Crippen LogP contribution in [0.15, 0.2) is 48.5 Å². The van der Waals surface area contributed by atoms with Gasteiger partial charge in [0.05, 0.1) is 7.11 Å². The number of carbonyl (C=O) groups excluding carboxylic acids is 1. The number of benzene rings is 2. The summed E-state index contributed by atoms with van der Waals surface area (Å²) in [5, 5.41) is 2.88. The summed E-state index contributed by atoms with van der Waals surface area (Å²) in [5.41, 5.74) is 1.48. The molecule has 0 aliphatic rings. The molecule has 0 fully saturated rings. The van der Waals surface area contributed by atoms with Gasteiger partial charge in [0.25, 0.3) is 5.91 Å². The highest BCUT2D eigenvalue weighted by molar-refractivity contribution is 5.94. The van der Waals surface area contributed by atoms with Crippen LogP contribution < -0.4 is 14.8 Å². The maximum Gasteiger partial charge on any atom is 0.387 e. The number of rotatable bonds is 8. The van der Waals surface area contributed by atoms with Crippen molar-refractivity contribution in [3.8, 4) is 11.5 Å². The zero-order chi connectivity index (χ0) is 18.2. The molecule has 0 bridgehead atoms. The molecular weight excluding hydrogens is 328 g/mol. The number of nitrogens with one attached hydrogen (secondary N) is 1. The Balaban J connectivity index is 2.05. The molecule has 1 unspecified atom stereocenters. The van der Waals surface area contributed by atoms with E-state index in [4.69, 9.17) is 4.74 Å². The lowest BCUT2D eigenvalue weighted by molar-refractivity contribution is -0.0512. The van der Waals surface area contributed by atoms with Crippen molar-refractivity contribution < 1.29 is 23.0 Å². The summed E-state index contributed by atoms with van der Waals surface area (Å²) in [6.45, 7) is -0.412. The number of hydrogen-bond acceptors (Lipinski definition) is 3. The van der Waals surface area contributed by atoms with E-state index in [2.05, 4.69) is 17.0 Å². The van der Waals surface area contributed by atoms with E-state index in [9.17, 15) is 13.6 Å². The quantitative estimate of drug-likeness (QED) is 0.776. The number of ether oxygens (including phenoxy) is 2. The van der Waals surface area contributed by atoms with Crippen LogP contribution in [0.5, 0.6) is 11.5 Å². The van der Waals surface area contributed by atoms with Crippen LogP contribution >= 0.6 is 0 Å². The van der Waals surface area contributed by atoms with Crippen LogP contribution in [0.1, 0.15) is 35.2 Å². The van der Waals surface area contributed by atoms with Crippen molar-refractivity contribution in [3.05, 3.63) is 59.7 Å². The van der Waals surface area contributed by atoms with Gasteiger partial charge in [-0.05, 0) is 30.2 Å². The number of alkyl halides is 2. The van der Waals surface area contributed by atoms with Gasteiger partial charge in [0, 0.05) is 18.0 Å². The molecule has 1 amide bonds. The number of carbonyl (C=O) groups is 1. The van der Waals surface area contributed by atoms with Crippen molar-refractivity contribution in [1.82, 2.24) is 5.32 Å². The Morgan fingerprint density at radius 1 is 1.12 bits per heavy atom. The average molecular weight is 349 g/mol. The van der Waals surface area contributed by atoms with Gasteiger partial charge in [0.1, 0.15) is 0 Å². The Kier molecular flexibility index (Phi) is 6.74. The third kappa shape index (κ3) is 5.17. The molecule has 2 aromatic carbocycles. The zero-order valence-electron chi connectivity index (χ0n) is 14.2. The predicted molar refractivity (Wildman–Crippen MR) is 91.4 cm³/mol. The van der Waals surface area contributed by atoms with Gasteiger partial charge in [0.15, 0.2) is 11.5 Å². The van der Waals surface area contributed by atoms with Crippen molar-refractivity contribution in [2.45, 2.75) is 25.9 Å². The first-order valence-corrected chi connectivity index (χ1v) is 8.01. The summed E-state index contributed by atoms with van der Waals surface area (Å²) in [5.74, 6) is -0.113. The van der Waals surface area contributed by atoms with E-state index < -0.39 is 6.61 Å². The van der Waals surface area contributed by atoms with Gasteiger partial charge in [0.2, 0.25) is 0 Å². The van der Waals surface area contributed by atoms with Crippen LogP contribution in [-0.4, -0.2) is 26.2 Å². The molecule has 1 atom stereocenters. The van der Waals surface area contributed by atoms with Gasteiger partial charge in [-0.15, -0.1) is 0 Å². The number of amides is 1. The molecular formula is C19H21F2NO3. The van der Waals surface area contributed by atoms with Crippen LogP contribution in [0.3, 0.4) is 0 Å². The minimum absolute atomic E-state index is 0.0862. The van der Waals surface area contributed by atoms with Gasteiger partial charge >= 0.3 is 6.61 Å². The van der Waals surface area contributed by atoms with Crippen molar-refractivity contribution in [3.63, 3.8) is 0 Å². The molecule has 1 N–H and O–H groups in total. The monoisotopic (exact) mass is 349 g/mol. The highest BCUT2D eigenvalue weighted by Crippen LogP contribution is 2.29. The fourth-order valence-corrected chi connectivity index (χ4v) is 2.54. The molecule has 2 aromatic rings. The van der Waals surface area contributed by atoms with Crippen LogP contribution in [0.2, 0.25) is 0 Å². The molecule has 0 spiro atoms. The fourth-order valence-electron chi connectivity index (χ4n) is 2.54. The first-order valence-electron chi connectivity index (χ1n) is 8.01. The smallest absolute Gasteiger partial charge is 0.387 e. The van der Waals surface area contributed by atoms with E-state index in [1.165, 1.54) is 25.3 Å². The Hall–Kier alpha value is -2.63. The van der Waals surface area contributed by atoms with E-state index in [0.29, 0.717) is 12.1 Å². The normalized spacial score (nSPS) is 11.9. The Morgan fingerprint density at radius 3 is 2.44 bits per heavy atom. The molecule has 6 heteroatoms. The second-order valence-corrected chi connectivity index (χ2v) is 5.47. The third-order valence-corrected chi connectivity index (χ3v) is 3.91. The standard InChI is InChI=1S/C19H21F2NO3/c1-3-13(14-7-5-4-6-8-14)12-22-18(23)15-9-10-16(25-19(20)21)17(11-15)24-2/h4-11,13,19H,3,12H2,1-2H3,(H,22,23). The highest BCUT2D eigenvalue weighted by Gasteiger charge is 2.15. The zero-order valence-corrected chi connectivity index (χ0v) is 14.2. The van der Waals surface area contributed by atoms with Crippen LogP contribution in [0.25, 0.3) is 0 Å². The van der Waals surface area contributed by atoms with Gasteiger partial charge < -0.3 is 14.8 Å². The SMILES string of the molecule is CCC(CNC(=O)c1ccc(OC(F)F)c(OC)c1)c1ccccc1. The maximum atomic E-state index is 12.3. The summed E-state index contributed by atoms with van der Waals surface area (Å²) in [4.78, 5) is 12.3. The van der Waals surface area contributed by atoms with Crippen molar-refractivity contribution in [1.29, 1.82) is 0 Å². The molecule has 0 saturated carbocycles. The third-order valence-electron chi connectivity index (χ3n) is 3.91. The minimum atomic E-state index is -2.95. The summed E-state index contributed by atoms with van der Waals surface area (Å²) < 4.78 is 34.1. The van der Waals surface area contributed by atoms with E-state index in [-0.39, 0.29) is 23.3 Å². The summed E-state index contributed by atoms with van der Waals surface area (Å²) >= 11 is 0.